The van der Waals surface area contributed by atoms with Gasteiger partial charge in [-0.25, -0.2) is 0 Å². The lowest BCUT2D eigenvalue weighted by molar-refractivity contribution is -0.164. The van der Waals surface area contributed by atoms with Crippen LogP contribution in [0.25, 0.3) is 0 Å². The molecule has 90 valence electrons. The summed E-state index contributed by atoms with van der Waals surface area (Å²) >= 11 is 2.15. The number of ether oxygens (including phenoxy) is 1. The van der Waals surface area contributed by atoms with E-state index < -0.39 is 0 Å². The van der Waals surface area contributed by atoms with E-state index in [2.05, 4.69) is 16.7 Å². The predicted molar refractivity (Wildman–Crippen MR) is 66.6 cm³/mol. The Morgan fingerprint density at radius 1 is 1.12 bits per heavy atom. The second kappa shape index (κ2) is 3.39. The van der Waals surface area contributed by atoms with E-state index in [1.807, 2.05) is 0 Å². The summed E-state index contributed by atoms with van der Waals surface area (Å²) in [6.45, 7) is 3.88. The third kappa shape index (κ3) is 1.34. The molecule has 0 aromatic carbocycles. The van der Waals surface area contributed by atoms with Crippen molar-refractivity contribution < 1.29 is 4.74 Å². The summed E-state index contributed by atoms with van der Waals surface area (Å²) in [5.41, 5.74) is 0.255. The minimum absolute atomic E-state index is 0.249. The van der Waals surface area contributed by atoms with Crippen LogP contribution in [0.5, 0.6) is 0 Å². The number of hydrogen-bond donors (Lipinski definition) is 0. The Morgan fingerprint density at radius 2 is 1.88 bits per heavy atom. The Hall–Kier alpha value is 0.270. The van der Waals surface area contributed by atoms with Crippen LogP contribution in [0.15, 0.2) is 0 Å². The molecule has 0 radical (unpaired) electrons. The van der Waals surface area contributed by atoms with Crippen LogP contribution in [0.1, 0.15) is 38.5 Å². The molecule has 2 nitrogen and oxygen atoms in total. The fourth-order valence-electron chi connectivity index (χ4n) is 4.25. The van der Waals surface area contributed by atoms with E-state index in [1.165, 1.54) is 63.9 Å². The minimum Gasteiger partial charge on any atom is -0.355 e. The fourth-order valence-corrected chi connectivity index (χ4v) is 5.94. The zero-order valence-corrected chi connectivity index (χ0v) is 10.7. The van der Waals surface area contributed by atoms with Gasteiger partial charge in [0.2, 0.25) is 0 Å². The third-order valence-electron chi connectivity index (χ3n) is 5.16. The second-order valence-electron chi connectivity index (χ2n) is 6.12. The van der Waals surface area contributed by atoms with Crippen LogP contribution in [0.3, 0.4) is 0 Å². The smallest absolute Gasteiger partial charge is 0.114 e. The van der Waals surface area contributed by atoms with Crippen molar-refractivity contribution >= 4 is 11.8 Å². The maximum atomic E-state index is 6.69. The normalized spacial score (nSPS) is 49.5. The number of piperidine rings is 3. The fraction of sp³-hybridized carbons (Fsp3) is 1.00. The number of rotatable bonds is 0. The highest BCUT2D eigenvalue weighted by atomic mass is 32.2. The summed E-state index contributed by atoms with van der Waals surface area (Å²) in [6, 6.07) is 0. The molecule has 0 aromatic heterocycles. The topological polar surface area (TPSA) is 12.5 Å². The van der Waals surface area contributed by atoms with Crippen LogP contribution >= 0.6 is 11.8 Å². The summed E-state index contributed by atoms with van der Waals surface area (Å²) in [4.78, 5) is 2.88. The molecule has 4 aliphatic heterocycles. The molecule has 2 bridgehead atoms. The lowest BCUT2D eigenvalue weighted by atomic mass is 9.76. The maximum absolute atomic E-state index is 6.69. The Balaban J connectivity index is 1.60. The quantitative estimate of drug-likeness (QED) is 0.644. The van der Waals surface area contributed by atoms with Gasteiger partial charge in [0.15, 0.2) is 0 Å². The van der Waals surface area contributed by atoms with Gasteiger partial charge in [-0.05, 0) is 57.5 Å². The van der Waals surface area contributed by atoms with Crippen LogP contribution in [0.4, 0.5) is 0 Å². The summed E-state index contributed by atoms with van der Waals surface area (Å²) in [5, 5.41) is 0. The van der Waals surface area contributed by atoms with Crippen molar-refractivity contribution in [1.82, 2.24) is 4.90 Å². The monoisotopic (exact) mass is 239 g/mol. The van der Waals surface area contributed by atoms with E-state index in [4.69, 9.17) is 4.74 Å². The molecule has 0 N–H and O–H groups in total. The van der Waals surface area contributed by atoms with Crippen molar-refractivity contribution in [1.29, 1.82) is 0 Å². The van der Waals surface area contributed by atoms with Crippen LogP contribution < -0.4 is 0 Å². The van der Waals surface area contributed by atoms with Crippen LogP contribution in [-0.4, -0.2) is 40.8 Å². The molecule has 1 saturated carbocycles. The van der Waals surface area contributed by atoms with Gasteiger partial charge in [0.1, 0.15) is 4.93 Å². The molecule has 0 amide bonds. The zero-order chi connectivity index (χ0) is 10.6. The molecule has 5 rings (SSSR count). The van der Waals surface area contributed by atoms with E-state index in [-0.39, 0.29) is 10.5 Å². The molecule has 0 aromatic rings. The molecule has 1 atom stereocenters. The first-order chi connectivity index (χ1) is 7.80. The van der Waals surface area contributed by atoms with Crippen LogP contribution in [0.2, 0.25) is 0 Å². The Kier molecular flexibility index (Phi) is 2.17. The lowest BCUT2D eigenvalue weighted by Gasteiger charge is -2.51. The average molecular weight is 239 g/mol. The Bertz CT molecular complexity index is 294. The summed E-state index contributed by atoms with van der Waals surface area (Å²) in [6.07, 6.45) is 8.17. The molecule has 1 aliphatic carbocycles. The Morgan fingerprint density at radius 3 is 2.50 bits per heavy atom. The van der Waals surface area contributed by atoms with Gasteiger partial charge >= 0.3 is 0 Å². The first-order valence-corrected chi connectivity index (χ1v) is 7.85. The van der Waals surface area contributed by atoms with Crippen LogP contribution in [0, 0.1) is 5.92 Å². The highest BCUT2D eigenvalue weighted by molar-refractivity contribution is 8.00. The first kappa shape index (κ1) is 10.2. The molecule has 3 heteroatoms. The van der Waals surface area contributed by atoms with Crippen molar-refractivity contribution in [3.05, 3.63) is 0 Å². The van der Waals surface area contributed by atoms with E-state index in [0.717, 1.165) is 5.92 Å². The zero-order valence-electron chi connectivity index (χ0n) is 9.91. The number of fused-ring (bicyclic) bond motifs is 2. The van der Waals surface area contributed by atoms with Crippen molar-refractivity contribution in [2.24, 2.45) is 5.92 Å². The second-order valence-corrected chi connectivity index (χ2v) is 7.45. The van der Waals surface area contributed by atoms with Gasteiger partial charge in [0, 0.05) is 12.3 Å². The van der Waals surface area contributed by atoms with Gasteiger partial charge in [-0.3, -0.25) is 0 Å². The summed E-state index contributed by atoms with van der Waals surface area (Å²) < 4.78 is 6.69. The first-order valence-electron chi connectivity index (χ1n) is 6.87. The van der Waals surface area contributed by atoms with E-state index in [1.54, 1.807) is 0 Å². The standard InChI is InChI=1S/C13H21NOS/c1-2-6-13(5-1)15-12(10-16-13)9-14-7-3-11(12)4-8-14/h11H,1-10H2. The number of thioether (sulfide) groups is 1. The highest BCUT2D eigenvalue weighted by Crippen LogP contribution is 2.56. The van der Waals surface area contributed by atoms with Crippen molar-refractivity contribution in [2.45, 2.75) is 49.1 Å². The largest absolute Gasteiger partial charge is 0.355 e. The van der Waals surface area contributed by atoms with Crippen molar-refractivity contribution in [3.63, 3.8) is 0 Å². The van der Waals surface area contributed by atoms with Gasteiger partial charge in [0.25, 0.3) is 0 Å². The van der Waals surface area contributed by atoms with E-state index in [0.29, 0.717) is 0 Å². The highest BCUT2D eigenvalue weighted by Gasteiger charge is 2.57. The van der Waals surface area contributed by atoms with Crippen molar-refractivity contribution in [2.75, 3.05) is 25.4 Å². The van der Waals surface area contributed by atoms with Gasteiger partial charge in [0.05, 0.1) is 5.60 Å². The lowest BCUT2D eigenvalue weighted by Crippen LogP contribution is -2.60. The molecule has 4 heterocycles. The van der Waals surface area contributed by atoms with Gasteiger partial charge in [-0.2, -0.15) is 0 Å². The van der Waals surface area contributed by atoms with Crippen LogP contribution in [-0.2, 0) is 4.74 Å². The van der Waals surface area contributed by atoms with Crippen molar-refractivity contribution in [3.8, 4) is 0 Å². The summed E-state index contributed by atoms with van der Waals surface area (Å²) in [7, 11) is 0. The molecule has 4 saturated heterocycles. The Labute approximate surface area is 102 Å². The number of hydrogen-bond acceptors (Lipinski definition) is 3. The maximum Gasteiger partial charge on any atom is 0.114 e. The molecule has 1 unspecified atom stereocenters. The molecule has 5 aliphatic rings. The summed E-state index contributed by atoms with van der Waals surface area (Å²) in [5.74, 6) is 2.14. The van der Waals surface area contributed by atoms with Gasteiger partial charge in [-0.1, -0.05) is 0 Å². The molecular formula is C13H21NOS. The SMILES string of the molecule is C1CCC2(C1)OC1(CS2)CN2CCC1CC2. The van der Waals surface area contributed by atoms with Gasteiger partial charge < -0.3 is 9.64 Å². The molecule has 2 spiro atoms. The molecular weight excluding hydrogens is 218 g/mol. The van der Waals surface area contributed by atoms with Gasteiger partial charge in [-0.15, -0.1) is 11.8 Å². The third-order valence-corrected chi connectivity index (χ3v) is 6.81. The average Bonchev–Trinajstić information content (AvgIpc) is 2.90. The van der Waals surface area contributed by atoms with E-state index >= 15 is 0 Å². The molecule has 16 heavy (non-hydrogen) atoms. The molecule has 5 fully saturated rings. The minimum atomic E-state index is 0.249. The predicted octanol–water partition coefficient (Wildman–Crippen LogP) is 2.48. The van der Waals surface area contributed by atoms with E-state index in [9.17, 15) is 0 Å². The number of nitrogens with zero attached hydrogens (tertiary/aromatic N) is 1.